The van der Waals surface area contributed by atoms with Crippen molar-refractivity contribution < 1.29 is 24.6 Å². The Balaban J connectivity index is 1.87. The number of aromatic hydroxyl groups is 1. The van der Waals surface area contributed by atoms with Crippen LogP contribution in [0.2, 0.25) is 0 Å². The minimum absolute atomic E-state index is 0.0834. The number of benzene rings is 2. The molecular weight excluding hydrogens is 448 g/mol. The van der Waals surface area contributed by atoms with Gasteiger partial charge < -0.3 is 26.6 Å². The lowest BCUT2D eigenvalue weighted by Gasteiger charge is -2.16. The number of nitrogens with zero attached hydrogens (tertiary/aromatic N) is 2. The SMILES string of the molecule is NCC(=O)NCC(=O)N[C@@H](Cc1ccc(O)c(-n2[nH]c(=O)n(-c3ccccc3)c2=O)c1)C(=O)O. The summed E-state index contributed by atoms with van der Waals surface area (Å²) in [4.78, 5) is 60.0. The van der Waals surface area contributed by atoms with Gasteiger partial charge >= 0.3 is 17.3 Å². The van der Waals surface area contributed by atoms with Crippen molar-refractivity contribution in [1.29, 1.82) is 0 Å². The number of phenolic OH excluding ortho intramolecular Hbond substituents is 1. The lowest BCUT2D eigenvalue weighted by atomic mass is 10.0. The molecule has 1 heterocycles. The predicted octanol–water partition coefficient (Wildman–Crippen LogP) is -1.79. The molecule has 34 heavy (non-hydrogen) atoms. The van der Waals surface area contributed by atoms with Crippen molar-refractivity contribution in [2.24, 2.45) is 5.73 Å². The quantitative estimate of drug-likeness (QED) is 0.210. The van der Waals surface area contributed by atoms with Gasteiger partial charge in [0.05, 0.1) is 18.8 Å². The third kappa shape index (κ3) is 5.39. The third-order valence-corrected chi connectivity index (χ3v) is 4.79. The summed E-state index contributed by atoms with van der Waals surface area (Å²) in [5.41, 5.74) is 4.19. The molecule has 0 spiro atoms. The van der Waals surface area contributed by atoms with Crippen LogP contribution in [-0.4, -0.2) is 61.5 Å². The van der Waals surface area contributed by atoms with Crippen LogP contribution in [-0.2, 0) is 20.8 Å². The van der Waals surface area contributed by atoms with E-state index in [0.29, 0.717) is 11.3 Å². The fraction of sp³-hybridized carbons (Fsp3) is 0.190. The topological polar surface area (TPSA) is 202 Å². The highest BCUT2D eigenvalue weighted by atomic mass is 16.4. The Morgan fingerprint density at radius 3 is 2.41 bits per heavy atom. The number of phenols is 1. The van der Waals surface area contributed by atoms with Gasteiger partial charge in [-0.05, 0) is 29.8 Å². The molecule has 0 radical (unpaired) electrons. The zero-order valence-corrected chi connectivity index (χ0v) is 17.7. The van der Waals surface area contributed by atoms with E-state index in [9.17, 15) is 34.2 Å². The number of rotatable bonds is 9. The molecule has 0 aliphatic rings. The van der Waals surface area contributed by atoms with Crippen LogP contribution in [0.1, 0.15) is 5.56 Å². The number of aliphatic carboxylic acids is 1. The Hall–Kier alpha value is -4.65. The molecule has 0 unspecified atom stereocenters. The Morgan fingerprint density at radius 2 is 1.76 bits per heavy atom. The summed E-state index contributed by atoms with van der Waals surface area (Å²) < 4.78 is 1.72. The fourth-order valence-electron chi connectivity index (χ4n) is 3.16. The van der Waals surface area contributed by atoms with Gasteiger partial charge in [0.2, 0.25) is 11.8 Å². The van der Waals surface area contributed by atoms with Crippen molar-refractivity contribution >= 4 is 17.8 Å². The number of amides is 2. The van der Waals surface area contributed by atoms with Crippen LogP contribution in [0.4, 0.5) is 0 Å². The molecule has 1 aromatic heterocycles. The highest BCUT2D eigenvalue weighted by molar-refractivity contribution is 5.88. The van der Waals surface area contributed by atoms with Crippen molar-refractivity contribution in [2.45, 2.75) is 12.5 Å². The van der Waals surface area contributed by atoms with Crippen LogP contribution in [0.3, 0.4) is 0 Å². The Morgan fingerprint density at radius 1 is 1.06 bits per heavy atom. The lowest BCUT2D eigenvalue weighted by Crippen LogP contribution is -2.47. The van der Waals surface area contributed by atoms with Gasteiger partial charge in [-0.2, -0.15) is 4.68 Å². The molecule has 1 atom stereocenters. The summed E-state index contributed by atoms with van der Waals surface area (Å²) in [5.74, 6) is -3.00. The van der Waals surface area contributed by atoms with Gasteiger partial charge in [-0.15, -0.1) is 0 Å². The van der Waals surface area contributed by atoms with Gasteiger partial charge in [0.1, 0.15) is 17.5 Å². The number of carbonyl (C=O) groups excluding carboxylic acids is 2. The minimum atomic E-state index is -1.37. The molecule has 3 rings (SSSR count). The first-order valence-corrected chi connectivity index (χ1v) is 10.0. The van der Waals surface area contributed by atoms with E-state index in [1.807, 2.05) is 0 Å². The van der Waals surface area contributed by atoms with Crippen LogP contribution in [0.5, 0.6) is 5.75 Å². The van der Waals surface area contributed by atoms with E-state index in [4.69, 9.17) is 5.73 Å². The second-order valence-corrected chi connectivity index (χ2v) is 7.17. The zero-order valence-electron chi connectivity index (χ0n) is 17.7. The number of hydrogen-bond donors (Lipinski definition) is 6. The van der Waals surface area contributed by atoms with Gasteiger partial charge in [0.25, 0.3) is 0 Å². The van der Waals surface area contributed by atoms with Crippen molar-refractivity contribution in [2.75, 3.05) is 13.1 Å². The van der Waals surface area contributed by atoms with Crippen molar-refractivity contribution in [1.82, 2.24) is 25.0 Å². The molecule has 13 heteroatoms. The molecule has 0 aliphatic carbocycles. The van der Waals surface area contributed by atoms with E-state index in [1.54, 1.807) is 30.3 Å². The third-order valence-electron chi connectivity index (χ3n) is 4.79. The molecule has 3 aromatic rings. The number of carboxylic acid groups (broad SMARTS) is 1. The molecule has 7 N–H and O–H groups in total. The van der Waals surface area contributed by atoms with Gasteiger partial charge in [-0.3, -0.25) is 9.59 Å². The number of para-hydroxylation sites is 1. The summed E-state index contributed by atoms with van der Waals surface area (Å²) in [7, 11) is 0. The molecule has 0 saturated heterocycles. The molecule has 13 nitrogen and oxygen atoms in total. The smallest absolute Gasteiger partial charge is 0.356 e. The number of carbonyl (C=O) groups is 3. The van der Waals surface area contributed by atoms with Crippen LogP contribution in [0.25, 0.3) is 11.4 Å². The lowest BCUT2D eigenvalue weighted by molar-refractivity contribution is -0.141. The van der Waals surface area contributed by atoms with Gasteiger partial charge in [0.15, 0.2) is 0 Å². The molecule has 178 valence electrons. The molecule has 0 bridgehead atoms. The number of hydrogen-bond acceptors (Lipinski definition) is 7. The van der Waals surface area contributed by atoms with Crippen LogP contribution < -0.4 is 27.7 Å². The highest BCUT2D eigenvalue weighted by Gasteiger charge is 2.22. The van der Waals surface area contributed by atoms with Crippen LogP contribution in [0, 0.1) is 0 Å². The van der Waals surface area contributed by atoms with Gasteiger partial charge in [-0.25, -0.2) is 24.0 Å². The number of nitrogens with two attached hydrogens (primary N) is 1. The van der Waals surface area contributed by atoms with E-state index in [2.05, 4.69) is 15.7 Å². The van der Waals surface area contributed by atoms with Gasteiger partial charge in [0, 0.05) is 6.42 Å². The summed E-state index contributed by atoms with van der Waals surface area (Å²) in [6, 6.07) is 10.7. The largest absolute Gasteiger partial charge is 0.506 e. The van der Waals surface area contributed by atoms with Crippen LogP contribution in [0.15, 0.2) is 58.1 Å². The number of H-pyrrole nitrogens is 1. The first-order valence-electron chi connectivity index (χ1n) is 10.0. The second kappa shape index (κ2) is 10.3. The second-order valence-electron chi connectivity index (χ2n) is 7.17. The Labute approximate surface area is 191 Å². The first kappa shape index (κ1) is 24.0. The zero-order chi connectivity index (χ0) is 24.8. The monoisotopic (exact) mass is 470 g/mol. The molecule has 0 fully saturated rings. The number of carboxylic acids is 1. The number of aromatic amines is 1. The maximum Gasteiger partial charge on any atom is 0.356 e. The Kier molecular flexibility index (Phi) is 7.28. The number of aromatic nitrogens is 3. The summed E-state index contributed by atoms with van der Waals surface area (Å²) in [6.07, 6.45) is -0.211. The highest BCUT2D eigenvalue weighted by Crippen LogP contribution is 2.22. The molecule has 2 aromatic carbocycles. The fourth-order valence-corrected chi connectivity index (χ4v) is 3.16. The van der Waals surface area contributed by atoms with E-state index in [0.717, 1.165) is 9.25 Å². The standard InChI is InChI=1S/C21H22N6O7/c22-10-17(29)23-11-18(30)24-14(19(31)32)8-12-6-7-16(28)15(9-12)27-21(34)26(20(33)25-27)13-4-2-1-3-5-13/h1-7,9,14,28H,8,10-11,22H2,(H,23,29)(H,24,30)(H,25,33)(H,31,32)/t14-/m0/s1. The van der Waals surface area contributed by atoms with E-state index >= 15 is 0 Å². The average molecular weight is 470 g/mol. The maximum atomic E-state index is 12.9. The summed E-state index contributed by atoms with van der Waals surface area (Å²) in [6.45, 7) is -0.774. The number of nitrogens with one attached hydrogen (secondary N) is 3. The maximum absolute atomic E-state index is 12.9. The van der Waals surface area contributed by atoms with E-state index < -0.39 is 41.7 Å². The molecule has 0 saturated carbocycles. The molecule has 2 amide bonds. The first-order chi connectivity index (χ1) is 16.2. The minimum Gasteiger partial charge on any atom is -0.506 e. The average Bonchev–Trinajstić information content (AvgIpc) is 3.12. The van der Waals surface area contributed by atoms with Crippen molar-refractivity contribution in [3.8, 4) is 17.1 Å². The molecular formula is C21H22N6O7. The van der Waals surface area contributed by atoms with Crippen LogP contribution >= 0.6 is 0 Å². The van der Waals surface area contributed by atoms with Crippen molar-refractivity contribution in [3.63, 3.8) is 0 Å². The normalized spacial score (nSPS) is 11.6. The molecule has 0 aliphatic heterocycles. The van der Waals surface area contributed by atoms with E-state index in [-0.39, 0.29) is 24.4 Å². The Bertz CT molecular complexity index is 1330. The summed E-state index contributed by atoms with van der Waals surface area (Å²) >= 11 is 0. The predicted molar refractivity (Wildman–Crippen MR) is 119 cm³/mol. The van der Waals surface area contributed by atoms with E-state index in [1.165, 1.54) is 18.2 Å². The van der Waals surface area contributed by atoms with Gasteiger partial charge in [-0.1, -0.05) is 24.3 Å². The van der Waals surface area contributed by atoms with Crippen molar-refractivity contribution in [3.05, 3.63) is 75.1 Å². The summed E-state index contributed by atoms with van der Waals surface area (Å²) in [5, 5.41) is 26.6.